The summed E-state index contributed by atoms with van der Waals surface area (Å²) in [5.74, 6) is 0. The molecule has 0 saturated heterocycles. The van der Waals surface area contributed by atoms with Crippen molar-refractivity contribution >= 4 is 0 Å². The predicted octanol–water partition coefficient (Wildman–Crippen LogP) is 3.19. The van der Waals surface area contributed by atoms with Gasteiger partial charge in [0.25, 0.3) is 0 Å². The zero-order chi connectivity index (χ0) is 11.4. The summed E-state index contributed by atoms with van der Waals surface area (Å²) in [6.07, 6.45) is 1.15. The Balaban J connectivity index is 2.61. The Bertz CT molecular complexity index is 315. The molecular weight excluding hydrogens is 182 g/mol. The van der Waals surface area contributed by atoms with Crippen LogP contribution in [0.25, 0.3) is 0 Å². The molecule has 1 aromatic rings. The third kappa shape index (κ3) is 3.67. The third-order valence-electron chi connectivity index (χ3n) is 3.12. The number of nitrogens with zero attached hydrogens (tertiary/aromatic N) is 1. The summed E-state index contributed by atoms with van der Waals surface area (Å²) in [7, 11) is 2.19. The summed E-state index contributed by atoms with van der Waals surface area (Å²) in [6, 6.07) is 7.35. The highest BCUT2D eigenvalue weighted by molar-refractivity contribution is 5.30. The molecule has 0 atom stereocenters. The average Bonchev–Trinajstić information content (AvgIpc) is 2.18. The summed E-state index contributed by atoms with van der Waals surface area (Å²) >= 11 is 0. The number of hydrogen-bond acceptors (Lipinski definition) is 1. The van der Waals surface area contributed by atoms with E-state index in [0.717, 1.165) is 13.0 Å². The molecule has 0 aliphatic rings. The molecule has 1 aromatic carbocycles. The lowest BCUT2D eigenvalue weighted by atomic mass is 10.0. The molecule has 0 N–H and O–H groups in total. The van der Waals surface area contributed by atoms with E-state index in [0.29, 0.717) is 6.04 Å². The van der Waals surface area contributed by atoms with Crippen molar-refractivity contribution in [1.82, 2.24) is 4.90 Å². The van der Waals surface area contributed by atoms with Gasteiger partial charge in [0.05, 0.1) is 0 Å². The summed E-state index contributed by atoms with van der Waals surface area (Å²) in [4.78, 5) is 2.39. The fourth-order valence-electron chi connectivity index (χ4n) is 1.62. The van der Waals surface area contributed by atoms with Crippen LogP contribution in [0.15, 0.2) is 18.2 Å². The molecule has 0 aliphatic carbocycles. The van der Waals surface area contributed by atoms with Crippen LogP contribution in [0.4, 0.5) is 0 Å². The minimum atomic E-state index is 0.634. The fourth-order valence-corrected chi connectivity index (χ4v) is 1.62. The van der Waals surface area contributed by atoms with Crippen LogP contribution in [0.1, 0.15) is 30.5 Å². The Labute approximate surface area is 94.1 Å². The number of benzene rings is 1. The van der Waals surface area contributed by atoms with E-state index in [1.54, 1.807) is 0 Å². The van der Waals surface area contributed by atoms with Gasteiger partial charge in [0.1, 0.15) is 0 Å². The van der Waals surface area contributed by atoms with E-state index >= 15 is 0 Å². The second-order valence-corrected chi connectivity index (χ2v) is 4.75. The summed E-state index contributed by atoms with van der Waals surface area (Å²) < 4.78 is 0. The van der Waals surface area contributed by atoms with Gasteiger partial charge in [0.2, 0.25) is 0 Å². The van der Waals surface area contributed by atoms with Crippen LogP contribution in [0.2, 0.25) is 0 Å². The summed E-state index contributed by atoms with van der Waals surface area (Å²) in [6.45, 7) is 9.98. The highest BCUT2D eigenvalue weighted by atomic mass is 15.1. The van der Waals surface area contributed by atoms with Crippen molar-refractivity contribution in [1.29, 1.82) is 0 Å². The molecular formula is C14H23N. The predicted molar refractivity (Wildman–Crippen MR) is 67.4 cm³/mol. The molecule has 1 rings (SSSR count). The van der Waals surface area contributed by atoms with Crippen molar-refractivity contribution in [2.45, 2.75) is 40.2 Å². The first-order chi connectivity index (χ1) is 7.00. The van der Waals surface area contributed by atoms with Gasteiger partial charge >= 0.3 is 0 Å². The maximum absolute atomic E-state index is 2.39. The number of likely N-dealkylation sites (N-methyl/N-ethyl adjacent to an activating group) is 1. The highest BCUT2D eigenvalue weighted by Crippen LogP contribution is 2.12. The lowest BCUT2D eigenvalue weighted by molar-refractivity contribution is 0.277. The molecule has 1 heteroatoms. The normalized spacial score (nSPS) is 11.4. The maximum atomic E-state index is 2.39. The van der Waals surface area contributed by atoms with E-state index in [4.69, 9.17) is 0 Å². The van der Waals surface area contributed by atoms with Gasteiger partial charge < -0.3 is 4.90 Å². The molecule has 0 fully saturated rings. The van der Waals surface area contributed by atoms with E-state index in [1.165, 1.54) is 16.7 Å². The first-order valence-electron chi connectivity index (χ1n) is 5.77. The van der Waals surface area contributed by atoms with E-state index in [9.17, 15) is 0 Å². The Morgan fingerprint density at radius 1 is 1.20 bits per heavy atom. The van der Waals surface area contributed by atoms with Gasteiger partial charge in [-0.15, -0.1) is 0 Å². The van der Waals surface area contributed by atoms with Crippen LogP contribution in [-0.2, 0) is 6.42 Å². The minimum absolute atomic E-state index is 0.634. The summed E-state index contributed by atoms with van der Waals surface area (Å²) in [5, 5.41) is 0. The standard InChI is InChI=1S/C14H23N/c1-11(2)15(5)9-8-14-10-12(3)6-7-13(14)4/h6-7,10-11H,8-9H2,1-5H3. The van der Waals surface area contributed by atoms with Crippen LogP contribution in [0.5, 0.6) is 0 Å². The van der Waals surface area contributed by atoms with Crippen LogP contribution in [0, 0.1) is 13.8 Å². The van der Waals surface area contributed by atoms with Crippen molar-refractivity contribution in [3.8, 4) is 0 Å². The summed E-state index contributed by atoms with van der Waals surface area (Å²) in [5.41, 5.74) is 4.27. The van der Waals surface area contributed by atoms with Gasteiger partial charge in [0.15, 0.2) is 0 Å². The molecule has 0 bridgehead atoms. The Morgan fingerprint density at radius 3 is 2.47 bits per heavy atom. The zero-order valence-electron chi connectivity index (χ0n) is 10.7. The van der Waals surface area contributed by atoms with Crippen LogP contribution >= 0.6 is 0 Å². The molecule has 0 spiro atoms. The van der Waals surface area contributed by atoms with Crippen LogP contribution in [-0.4, -0.2) is 24.5 Å². The van der Waals surface area contributed by atoms with E-state index in [2.05, 4.69) is 57.8 Å². The van der Waals surface area contributed by atoms with Crippen molar-refractivity contribution in [3.05, 3.63) is 34.9 Å². The van der Waals surface area contributed by atoms with Crippen molar-refractivity contribution < 1.29 is 0 Å². The highest BCUT2D eigenvalue weighted by Gasteiger charge is 2.04. The van der Waals surface area contributed by atoms with Crippen molar-refractivity contribution in [3.63, 3.8) is 0 Å². The smallest absolute Gasteiger partial charge is 0.00356 e. The molecule has 0 radical (unpaired) electrons. The van der Waals surface area contributed by atoms with Gasteiger partial charge in [-0.1, -0.05) is 23.8 Å². The lowest BCUT2D eigenvalue weighted by Gasteiger charge is -2.21. The second-order valence-electron chi connectivity index (χ2n) is 4.75. The molecule has 84 valence electrons. The van der Waals surface area contributed by atoms with E-state index in [-0.39, 0.29) is 0 Å². The number of rotatable bonds is 4. The SMILES string of the molecule is Cc1ccc(C)c(CCN(C)C(C)C)c1. The van der Waals surface area contributed by atoms with Crippen LogP contribution in [0.3, 0.4) is 0 Å². The van der Waals surface area contributed by atoms with Gasteiger partial charge in [0, 0.05) is 12.6 Å². The monoisotopic (exact) mass is 205 g/mol. The lowest BCUT2D eigenvalue weighted by Crippen LogP contribution is -2.28. The first-order valence-corrected chi connectivity index (χ1v) is 5.77. The largest absolute Gasteiger partial charge is 0.304 e. The third-order valence-corrected chi connectivity index (χ3v) is 3.12. The molecule has 1 nitrogen and oxygen atoms in total. The van der Waals surface area contributed by atoms with Gasteiger partial charge in [-0.25, -0.2) is 0 Å². The molecule has 15 heavy (non-hydrogen) atoms. The Hall–Kier alpha value is -0.820. The van der Waals surface area contributed by atoms with E-state index in [1.807, 2.05) is 0 Å². The topological polar surface area (TPSA) is 3.24 Å². The number of aryl methyl sites for hydroxylation is 2. The van der Waals surface area contributed by atoms with Crippen molar-refractivity contribution in [2.24, 2.45) is 0 Å². The van der Waals surface area contributed by atoms with E-state index < -0.39 is 0 Å². The van der Waals surface area contributed by atoms with Crippen LogP contribution < -0.4 is 0 Å². The number of hydrogen-bond donors (Lipinski definition) is 0. The fraction of sp³-hybridized carbons (Fsp3) is 0.571. The quantitative estimate of drug-likeness (QED) is 0.729. The molecule has 0 aromatic heterocycles. The molecule has 0 saturated carbocycles. The first kappa shape index (κ1) is 12.3. The zero-order valence-corrected chi connectivity index (χ0v) is 10.7. The Morgan fingerprint density at radius 2 is 1.87 bits per heavy atom. The minimum Gasteiger partial charge on any atom is -0.304 e. The average molecular weight is 205 g/mol. The molecule has 0 amide bonds. The molecule has 0 heterocycles. The Kier molecular flexibility index (Phi) is 4.34. The van der Waals surface area contributed by atoms with Crippen molar-refractivity contribution in [2.75, 3.05) is 13.6 Å². The van der Waals surface area contributed by atoms with Gasteiger partial charge in [-0.2, -0.15) is 0 Å². The van der Waals surface area contributed by atoms with Gasteiger partial charge in [-0.05, 0) is 52.3 Å². The maximum Gasteiger partial charge on any atom is 0.00356 e. The van der Waals surface area contributed by atoms with Gasteiger partial charge in [-0.3, -0.25) is 0 Å². The molecule has 0 aliphatic heterocycles. The second kappa shape index (κ2) is 5.32. The molecule has 0 unspecified atom stereocenters.